The molecular weight excluding hydrogens is 314 g/mol. The van der Waals surface area contributed by atoms with E-state index >= 15 is 0 Å². The minimum absolute atomic E-state index is 0.0698. The van der Waals surface area contributed by atoms with Gasteiger partial charge in [0.2, 0.25) is 5.91 Å². The van der Waals surface area contributed by atoms with Crippen molar-refractivity contribution in [1.29, 1.82) is 0 Å². The molecule has 2 fully saturated rings. The van der Waals surface area contributed by atoms with Gasteiger partial charge in [-0.1, -0.05) is 6.07 Å². The molecule has 3 heterocycles. The zero-order valence-corrected chi connectivity index (χ0v) is 14.6. The van der Waals surface area contributed by atoms with Crippen molar-refractivity contribution in [3.63, 3.8) is 0 Å². The van der Waals surface area contributed by atoms with Crippen molar-refractivity contribution in [2.75, 3.05) is 36.4 Å². The number of nitrogens with one attached hydrogen (secondary N) is 2. The maximum absolute atomic E-state index is 12.8. The van der Waals surface area contributed by atoms with Gasteiger partial charge >= 0.3 is 0 Å². The van der Waals surface area contributed by atoms with Crippen LogP contribution in [0.3, 0.4) is 0 Å². The molecule has 25 heavy (non-hydrogen) atoms. The van der Waals surface area contributed by atoms with Crippen LogP contribution in [0, 0.1) is 5.92 Å². The van der Waals surface area contributed by atoms with Crippen LogP contribution in [-0.4, -0.2) is 41.9 Å². The number of carbonyl (C=O) groups excluding carboxylic acids is 1. The van der Waals surface area contributed by atoms with Crippen LogP contribution in [0.1, 0.15) is 24.3 Å². The Balaban J connectivity index is 1.47. The number of rotatable bonds is 4. The molecule has 2 atom stereocenters. The molecule has 2 aliphatic rings. The summed E-state index contributed by atoms with van der Waals surface area (Å²) in [7, 11) is 1.91. The number of nitrogens with zero attached hydrogens (tertiary/aromatic N) is 3. The lowest BCUT2D eigenvalue weighted by molar-refractivity contribution is -0.119. The van der Waals surface area contributed by atoms with Crippen molar-refractivity contribution in [2.24, 2.45) is 13.0 Å². The average molecular weight is 339 g/mol. The quantitative estimate of drug-likeness (QED) is 0.894. The molecule has 6 heteroatoms. The fraction of sp³-hybridized carbons (Fsp3) is 0.474. The van der Waals surface area contributed by atoms with E-state index in [2.05, 4.69) is 32.8 Å². The highest BCUT2D eigenvalue weighted by Gasteiger charge is 2.34. The molecule has 2 aromatic rings. The Labute approximate surface area is 148 Å². The van der Waals surface area contributed by atoms with Crippen molar-refractivity contribution in [1.82, 2.24) is 15.1 Å². The van der Waals surface area contributed by atoms with Crippen LogP contribution >= 0.6 is 0 Å². The lowest BCUT2D eigenvalue weighted by Gasteiger charge is -2.20. The average Bonchev–Trinajstić information content (AvgIpc) is 3.36. The molecule has 2 N–H and O–H groups in total. The monoisotopic (exact) mass is 339 g/mol. The summed E-state index contributed by atoms with van der Waals surface area (Å²) in [6.07, 6.45) is 6.37. The van der Waals surface area contributed by atoms with E-state index in [0.717, 1.165) is 30.9 Å². The first-order valence-corrected chi connectivity index (χ1v) is 9.06. The first-order chi connectivity index (χ1) is 12.2. The standard InChI is InChI=1S/C19H25N5O/c1-23-13-14(10-21-23)17-11-20-12-18(17)19(25)22-15-5-4-6-16(9-15)24-7-2-3-8-24/h4-6,9-10,13,17-18,20H,2-3,7-8,11-12H2,1H3,(H,22,25)/t17-,18+/m1/s1. The number of carbonyl (C=O) groups is 1. The maximum Gasteiger partial charge on any atom is 0.229 e. The zero-order valence-electron chi connectivity index (χ0n) is 14.6. The van der Waals surface area contributed by atoms with E-state index in [1.165, 1.54) is 18.5 Å². The molecule has 2 aliphatic heterocycles. The molecule has 6 nitrogen and oxygen atoms in total. The van der Waals surface area contributed by atoms with Gasteiger partial charge in [0, 0.05) is 56.7 Å². The Bertz CT molecular complexity index is 750. The third kappa shape index (κ3) is 3.39. The van der Waals surface area contributed by atoms with Crippen molar-refractivity contribution < 1.29 is 4.79 Å². The Hall–Kier alpha value is -2.34. The molecule has 4 rings (SSSR count). The predicted octanol–water partition coefficient (Wildman–Crippen LogP) is 1.96. The summed E-state index contributed by atoms with van der Waals surface area (Å²) >= 11 is 0. The molecule has 0 saturated carbocycles. The molecule has 1 amide bonds. The largest absolute Gasteiger partial charge is 0.371 e. The van der Waals surface area contributed by atoms with Crippen LogP contribution in [0.4, 0.5) is 11.4 Å². The minimum Gasteiger partial charge on any atom is -0.371 e. The number of aryl methyl sites for hydroxylation is 1. The molecule has 132 valence electrons. The highest BCUT2D eigenvalue weighted by atomic mass is 16.1. The number of hydrogen-bond acceptors (Lipinski definition) is 4. The molecule has 0 aliphatic carbocycles. The summed E-state index contributed by atoms with van der Waals surface area (Å²) in [5, 5.41) is 10.7. The molecular formula is C19H25N5O. The number of benzene rings is 1. The van der Waals surface area contributed by atoms with Gasteiger partial charge in [0.1, 0.15) is 0 Å². The van der Waals surface area contributed by atoms with Crippen molar-refractivity contribution in [3.8, 4) is 0 Å². The lowest BCUT2D eigenvalue weighted by Crippen LogP contribution is -2.28. The third-order valence-corrected chi connectivity index (χ3v) is 5.29. The number of anilines is 2. The fourth-order valence-corrected chi connectivity index (χ4v) is 3.93. The SMILES string of the molecule is Cn1cc([C@H]2CNC[C@@H]2C(=O)Nc2cccc(N3CCCC3)c2)cn1. The van der Waals surface area contributed by atoms with Crippen LogP contribution in [0.15, 0.2) is 36.7 Å². The summed E-state index contributed by atoms with van der Waals surface area (Å²) in [5.41, 5.74) is 3.20. The van der Waals surface area contributed by atoms with Crippen LogP contribution in [0.25, 0.3) is 0 Å². The van der Waals surface area contributed by atoms with E-state index in [1.54, 1.807) is 4.68 Å². The molecule has 0 unspecified atom stereocenters. The van der Waals surface area contributed by atoms with Gasteiger partial charge in [0.05, 0.1) is 12.1 Å². The summed E-state index contributed by atoms with van der Waals surface area (Å²) in [6, 6.07) is 8.20. The second-order valence-corrected chi connectivity index (χ2v) is 7.05. The third-order valence-electron chi connectivity index (χ3n) is 5.29. The first kappa shape index (κ1) is 16.1. The highest BCUT2D eigenvalue weighted by Crippen LogP contribution is 2.29. The summed E-state index contributed by atoms with van der Waals surface area (Å²) < 4.78 is 1.79. The number of aromatic nitrogens is 2. The van der Waals surface area contributed by atoms with Gasteiger partial charge in [0.25, 0.3) is 0 Å². The summed E-state index contributed by atoms with van der Waals surface area (Å²) in [5.74, 6) is 0.188. The van der Waals surface area contributed by atoms with Gasteiger partial charge in [0.15, 0.2) is 0 Å². The van der Waals surface area contributed by atoms with Crippen LogP contribution in [-0.2, 0) is 11.8 Å². The van der Waals surface area contributed by atoms with Gasteiger partial charge in [-0.25, -0.2) is 0 Å². The first-order valence-electron chi connectivity index (χ1n) is 9.06. The fourth-order valence-electron chi connectivity index (χ4n) is 3.93. The summed E-state index contributed by atoms with van der Waals surface area (Å²) in [6.45, 7) is 3.73. The topological polar surface area (TPSA) is 62.2 Å². The van der Waals surface area contributed by atoms with E-state index in [4.69, 9.17) is 0 Å². The molecule has 0 spiro atoms. The molecule has 1 aromatic heterocycles. The van der Waals surface area contributed by atoms with Gasteiger partial charge < -0.3 is 15.5 Å². The maximum atomic E-state index is 12.8. The van der Waals surface area contributed by atoms with Crippen LogP contribution in [0.5, 0.6) is 0 Å². The van der Waals surface area contributed by atoms with Crippen LogP contribution < -0.4 is 15.5 Å². The smallest absolute Gasteiger partial charge is 0.229 e. The van der Waals surface area contributed by atoms with E-state index in [-0.39, 0.29) is 17.7 Å². The number of hydrogen-bond donors (Lipinski definition) is 2. The minimum atomic E-state index is -0.0698. The normalized spacial score (nSPS) is 23.2. The second kappa shape index (κ2) is 6.88. The highest BCUT2D eigenvalue weighted by molar-refractivity contribution is 5.94. The molecule has 0 bridgehead atoms. The Kier molecular flexibility index (Phi) is 4.44. The Morgan fingerprint density at radius 2 is 2.12 bits per heavy atom. The molecule has 0 radical (unpaired) electrons. The predicted molar refractivity (Wildman–Crippen MR) is 98.8 cm³/mol. The zero-order chi connectivity index (χ0) is 17.2. The van der Waals surface area contributed by atoms with Crippen molar-refractivity contribution in [3.05, 3.63) is 42.2 Å². The van der Waals surface area contributed by atoms with Crippen molar-refractivity contribution in [2.45, 2.75) is 18.8 Å². The van der Waals surface area contributed by atoms with Gasteiger partial charge in [-0.3, -0.25) is 9.48 Å². The number of amides is 1. The Morgan fingerprint density at radius 3 is 2.88 bits per heavy atom. The molecule has 1 aromatic carbocycles. The van der Waals surface area contributed by atoms with E-state index in [1.807, 2.05) is 31.6 Å². The van der Waals surface area contributed by atoms with Gasteiger partial charge in [-0.05, 0) is 36.6 Å². The second-order valence-electron chi connectivity index (χ2n) is 7.05. The van der Waals surface area contributed by atoms with E-state index < -0.39 is 0 Å². The Morgan fingerprint density at radius 1 is 1.28 bits per heavy atom. The van der Waals surface area contributed by atoms with Crippen LogP contribution in [0.2, 0.25) is 0 Å². The van der Waals surface area contributed by atoms with Gasteiger partial charge in [-0.15, -0.1) is 0 Å². The van der Waals surface area contributed by atoms with Gasteiger partial charge in [-0.2, -0.15) is 5.10 Å². The lowest BCUT2D eigenvalue weighted by atomic mass is 9.90. The summed E-state index contributed by atoms with van der Waals surface area (Å²) in [4.78, 5) is 15.2. The van der Waals surface area contributed by atoms with E-state index in [0.29, 0.717) is 6.54 Å². The van der Waals surface area contributed by atoms with Crippen molar-refractivity contribution >= 4 is 17.3 Å². The van der Waals surface area contributed by atoms with E-state index in [9.17, 15) is 4.79 Å². The molecule has 2 saturated heterocycles.